The lowest BCUT2D eigenvalue weighted by atomic mass is 10.2. The van der Waals surface area contributed by atoms with E-state index in [4.69, 9.17) is 4.98 Å². The normalized spacial score (nSPS) is 10.9. The number of benzene rings is 2. The van der Waals surface area contributed by atoms with E-state index >= 15 is 0 Å². The Hall–Kier alpha value is -2.57. The summed E-state index contributed by atoms with van der Waals surface area (Å²) in [6.45, 7) is 2.45. The molecule has 4 aromatic rings. The second-order valence-corrected chi connectivity index (χ2v) is 8.11. The van der Waals surface area contributed by atoms with E-state index in [0.717, 1.165) is 25.8 Å². The van der Waals surface area contributed by atoms with Crippen molar-refractivity contribution in [1.82, 2.24) is 9.97 Å². The summed E-state index contributed by atoms with van der Waals surface area (Å²) in [4.78, 5) is 24.0. The van der Waals surface area contributed by atoms with Gasteiger partial charge in [0.25, 0.3) is 5.91 Å². The van der Waals surface area contributed by atoms with Gasteiger partial charge >= 0.3 is 0 Å². The van der Waals surface area contributed by atoms with Crippen molar-refractivity contribution in [3.8, 4) is 0 Å². The Bertz CT molecular complexity index is 1110. The number of carbonyl (C=O) groups is 1. The van der Waals surface area contributed by atoms with Gasteiger partial charge in [0, 0.05) is 22.4 Å². The van der Waals surface area contributed by atoms with Crippen LogP contribution >= 0.6 is 27.3 Å². The van der Waals surface area contributed by atoms with Crippen molar-refractivity contribution >= 4 is 48.5 Å². The highest BCUT2D eigenvalue weighted by Gasteiger charge is 2.22. The van der Waals surface area contributed by atoms with Crippen molar-refractivity contribution in [2.24, 2.45) is 0 Å². The highest BCUT2D eigenvalue weighted by Crippen LogP contribution is 2.32. The average molecular weight is 438 g/mol. The Morgan fingerprint density at radius 2 is 2.00 bits per heavy atom. The number of hydrogen-bond acceptors (Lipinski definition) is 4. The monoisotopic (exact) mass is 437 g/mol. The van der Waals surface area contributed by atoms with Crippen LogP contribution < -0.4 is 4.90 Å². The lowest BCUT2D eigenvalue weighted by Gasteiger charge is -2.20. The number of rotatable bonds is 4. The van der Waals surface area contributed by atoms with Crippen LogP contribution in [0.3, 0.4) is 0 Å². The number of halogens is 1. The van der Waals surface area contributed by atoms with E-state index in [1.165, 1.54) is 11.3 Å². The highest BCUT2D eigenvalue weighted by atomic mass is 79.9. The molecule has 0 aliphatic carbocycles. The first-order valence-corrected chi connectivity index (χ1v) is 10.1. The number of thiazole rings is 1. The zero-order valence-electron chi connectivity index (χ0n) is 14.6. The summed E-state index contributed by atoms with van der Waals surface area (Å²) in [6, 6.07) is 17.3. The number of aromatic nitrogens is 2. The largest absolute Gasteiger partial charge is 0.279 e. The Morgan fingerprint density at radius 3 is 2.74 bits per heavy atom. The maximum Gasteiger partial charge on any atom is 0.260 e. The summed E-state index contributed by atoms with van der Waals surface area (Å²) in [6.07, 6.45) is 3.50. The first-order chi connectivity index (χ1) is 13.1. The first-order valence-electron chi connectivity index (χ1n) is 8.44. The van der Waals surface area contributed by atoms with Gasteiger partial charge in [0.15, 0.2) is 5.13 Å². The molecule has 0 atom stereocenters. The van der Waals surface area contributed by atoms with Gasteiger partial charge in [-0.2, -0.15) is 0 Å². The molecular formula is C21H16BrN3OS. The predicted molar refractivity (Wildman–Crippen MR) is 113 cm³/mol. The minimum Gasteiger partial charge on any atom is -0.279 e. The SMILES string of the molecule is Cc1cccc2sc(N(Cc3cccnc3)C(=O)c3cccc(Br)c3)nc12. The van der Waals surface area contributed by atoms with Crippen LogP contribution in [0.15, 0.2) is 71.5 Å². The van der Waals surface area contributed by atoms with E-state index in [1.807, 2.05) is 61.5 Å². The van der Waals surface area contributed by atoms with E-state index in [2.05, 4.69) is 20.9 Å². The fraction of sp³-hybridized carbons (Fsp3) is 0.0952. The molecular weight excluding hydrogens is 422 g/mol. The van der Waals surface area contributed by atoms with Crippen LogP contribution in [0.2, 0.25) is 0 Å². The number of aryl methyl sites for hydroxylation is 1. The van der Waals surface area contributed by atoms with Gasteiger partial charge in [0.05, 0.1) is 16.8 Å². The molecule has 0 radical (unpaired) electrons. The fourth-order valence-corrected chi connectivity index (χ4v) is 4.31. The number of hydrogen-bond donors (Lipinski definition) is 0. The lowest BCUT2D eigenvalue weighted by molar-refractivity contribution is 0.0985. The van der Waals surface area contributed by atoms with Gasteiger partial charge in [-0.3, -0.25) is 14.7 Å². The third-order valence-electron chi connectivity index (χ3n) is 4.22. The van der Waals surface area contributed by atoms with Gasteiger partial charge in [0.2, 0.25) is 0 Å². The van der Waals surface area contributed by atoms with Crippen LogP contribution in [0, 0.1) is 6.92 Å². The number of carbonyl (C=O) groups excluding carboxylic acids is 1. The highest BCUT2D eigenvalue weighted by molar-refractivity contribution is 9.10. The van der Waals surface area contributed by atoms with Gasteiger partial charge in [0.1, 0.15) is 0 Å². The molecule has 2 heterocycles. The minimum atomic E-state index is -0.0862. The number of anilines is 1. The second-order valence-electron chi connectivity index (χ2n) is 6.18. The van der Waals surface area contributed by atoms with Gasteiger partial charge in [-0.15, -0.1) is 0 Å². The van der Waals surface area contributed by atoms with Crippen LogP contribution in [0.1, 0.15) is 21.5 Å². The van der Waals surface area contributed by atoms with E-state index in [0.29, 0.717) is 17.2 Å². The molecule has 2 aromatic carbocycles. The van der Waals surface area contributed by atoms with Gasteiger partial charge in [-0.05, 0) is 48.4 Å². The van der Waals surface area contributed by atoms with Gasteiger partial charge < -0.3 is 0 Å². The van der Waals surface area contributed by atoms with E-state index in [1.54, 1.807) is 17.3 Å². The van der Waals surface area contributed by atoms with Crippen molar-refractivity contribution in [2.45, 2.75) is 13.5 Å². The third-order valence-corrected chi connectivity index (χ3v) is 5.76. The van der Waals surface area contributed by atoms with Crippen LogP contribution in [-0.2, 0) is 6.54 Å². The smallest absolute Gasteiger partial charge is 0.260 e. The number of nitrogens with zero attached hydrogens (tertiary/aromatic N) is 3. The maximum absolute atomic E-state index is 13.3. The zero-order valence-corrected chi connectivity index (χ0v) is 17.0. The first kappa shape index (κ1) is 17.8. The zero-order chi connectivity index (χ0) is 18.8. The van der Waals surface area contributed by atoms with Crippen LogP contribution in [0.5, 0.6) is 0 Å². The van der Waals surface area contributed by atoms with E-state index in [9.17, 15) is 4.79 Å². The molecule has 0 N–H and O–H groups in total. The van der Waals surface area contributed by atoms with E-state index < -0.39 is 0 Å². The third kappa shape index (κ3) is 3.77. The Morgan fingerprint density at radius 1 is 1.15 bits per heavy atom. The summed E-state index contributed by atoms with van der Waals surface area (Å²) in [5, 5.41) is 0.688. The Balaban J connectivity index is 1.79. The van der Waals surface area contributed by atoms with Crippen molar-refractivity contribution in [1.29, 1.82) is 0 Å². The quantitative estimate of drug-likeness (QED) is 0.416. The number of pyridine rings is 1. The summed E-state index contributed by atoms with van der Waals surface area (Å²) in [5.41, 5.74) is 3.61. The van der Waals surface area contributed by atoms with Gasteiger partial charge in [-0.1, -0.05) is 51.5 Å². The van der Waals surface area contributed by atoms with Crippen molar-refractivity contribution in [3.05, 3.63) is 88.2 Å². The standard InChI is InChI=1S/C21H16BrN3OS/c1-14-5-2-9-18-19(14)24-21(27-18)25(13-15-6-4-10-23-12-15)20(26)16-7-3-8-17(22)11-16/h2-12H,13H2,1H3. The Kier molecular flexibility index (Phi) is 5.01. The summed E-state index contributed by atoms with van der Waals surface area (Å²) >= 11 is 4.97. The number of fused-ring (bicyclic) bond motifs is 1. The molecule has 4 nitrogen and oxygen atoms in total. The fourth-order valence-electron chi connectivity index (χ4n) is 2.87. The summed E-state index contributed by atoms with van der Waals surface area (Å²) in [7, 11) is 0. The Labute approximate surface area is 169 Å². The van der Waals surface area contributed by atoms with E-state index in [-0.39, 0.29) is 5.91 Å². The molecule has 0 saturated carbocycles. The number of amides is 1. The number of para-hydroxylation sites is 1. The lowest BCUT2D eigenvalue weighted by Crippen LogP contribution is -2.30. The van der Waals surface area contributed by atoms with Crippen LogP contribution in [0.25, 0.3) is 10.2 Å². The molecule has 1 amide bonds. The van der Waals surface area contributed by atoms with Crippen molar-refractivity contribution in [2.75, 3.05) is 4.90 Å². The second kappa shape index (κ2) is 7.58. The minimum absolute atomic E-state index is 0.0862. The van der Waals surface area contributed by atoms with Crippen molar-refractivity contribution in [3.63, 3.8) is 0 Å². The molecule has 134 valence electrons. The average Bonchev–Trinajstić information content (AvgIpc) is 3.12. The van der Waals surface area contributed by atoms with Crippen molar-refractivity contribution < 1.29 is 4.79 Å². The van der Waals surface area contributed by atoms with Crippen LogP contribution in [0.4, 0.5) is 5.13 Å². The van der Waals surface area contributed by atoms with Crippen LogP contribution in [-0.4, -0.2) is 15.9 Å². The maximum atomic E-state index is 13.3. The molecule has 0 spiro atoms. The predicted octanol–water partition coefficient (Wildman–Crippen LogP) is 5.61. The molecule has 0 fully saturated rings. The summed E-state index contributed by atoms with van der Waals surface area (Å²) < 4.78 is 1.94. The molecule has 4 rings (SSSR count). The molecule has 0 aliphatic heterocycles. The molecule has 0 saturated heterocycles. The molecule has 2 aromatic heterocycles. The molecule has 6 heteroatoms. The molecule has 0 bridgehead atoms. The molecule has 0 aliphatic rings. The van der Waals surface area contributed by atoms with Gasteiger partial charge in [-0.25, -0.2) is 4.98 Å². The topological polar surface area (TPSA) is 46.1 Å². The molecule has 0 unspecified atom stereocenters. The molecule has 27 heavy (non-hydrogen) atoms. The summed E-state index contributed by atoms with van der Waals surface area (Å²) in [5.74, 6) is -0.0862.